The van der Waals surface area contributed by atoms with Gasteiger partial charge in [-0.25, -0.2) is 4.39 Å². The minimum absolute atomic E-state index is 0.0165. The molecule has 0 spiro atoms. The Hall–Kier alpha value is -2.87. The number of nitrogens with zero attached hydrogens (tertiary/aromatic N) is 3. The van der Waals surface area contributed by atoms with Crippen LogP contribution < -0.4 is 9.47 Å². The highest BCUT2D eigenvalue weighted by atomic mass is 32.2. The predicted molar refractivity (Wildman–Crippen MR) is 122 cm³/mol. The van der Waals surface area contributed by atoms with E-state index in [4.69, 9.17) is 9.47 Å². The summed E-state index contributed by atoms with van der Waals surface area (Å²) < 4.78 is 23.8. The molecule has 1 saturated heterocycles. The van der Waals surface area contributed by atoms with E-state index in [-0.39, 0.29) is 17.0 Å². The Kier molecular flexibility index (Phi) is 8.06. The zero-order valence-corrected chi connectivity index (χ0v) is 18.7. The standard InChI is InChI=1S/C23H26FN3O3S/c1-4-5-6-21-22(28)27(15-16-7-10-18(24)11-8-16)23(31-21)26-25-14-17-9-12-19(29-2)20(13-17)30-3/h7-14,21H,4-6,15H2,1-3H3. The summed E-state index contributed by atoms with van der Waals surface area (Å²) in [7, 11) is 3.15. The fraction of sp³-hybridized carbons (Fsp3) is 0.348. The van der Waals surface area contributed by atoms with E-state index in [0.29, 0.717) is 23.2 Å². The van der Waals surface area contributed by atoms with E-state index in [9.17, 15) is 9.18 Å². The third-order valence-corrected chi connectivity index (χ3v) is 6.09. The van der Waals surface area contributed by atoms with E-state index in [0.717, 1.165) is 30.4 Å². The molecule has 1 fully saturated rings. The number of hydrogen-bond donors (Lipinski definition) is 0. The zero-order valence-electron chi connectivity index (χ0n) is 17.9. The van der Waals surface area contributed by atoms with Crippen LogP contribution >= 0.6 is 11.8 Å². The summed E-state index contributed by atoms with van der Waals surface area (Å²) in [6.45, 7) is 2.43. The summed E-state index contributed by atoms with van der Waals surface area (Å²) in [5.74, 6) is 0.942. The van der Waals surface area contributed by atoms with Crippen LogP contribution in [0.25, 0.3) is 0 Å². The molecule has 0 aromatic heterocycles. The lowest BCUT2D eigenvalue weighted by Crippen LogP contribution is -2.31. The molecular weight excluding hydrogens is 417 g/mol. The molecule has 1 heterocycles. The molecule has 0 aliphatic carbocycles. The van der Waals surface area contributed by atoms with Gasteiger partial charge in [0.05, 0.1) is 32.2 Å². The van der Waals surface area contributed by atoms with Crippen molar-refractivity contribution in [3.05, 3.63) is 59.4 Å². The van der Waals surface area contributed by atoms with E-state index in [1.807, 2.05) is 6.07 Å². The van der Waals surface area contributed by atoms with E-state index < -0.39 is 0 Å². The number of ether oxygens (including phenoxy) is 2. The highest BCUT2D eigenvalue weighted by Crippen LogP contribution is 2.32. The number of thioether (sulfide) groups is 1. The van der Waals surface area contributed by atoms with Crippen LogP contribution in [0.5, 0.6) is 11.5 Å². The van der Waals surface area contributed by atoms with Crippen molar-refractivity contribution >= 4 is 29.1 Å². The average molecular weight is 444 g/mol. The summed E-state index contributed by atoms with van der Waals surface area (Å²) in [6, 6.07) is 11.6. The number of rotatable bonds is 9. The molecule has 1 aliphatic heterocycles. The summed E-state index contributed by atoms with van der Waals surface area (Å²) in [5, 5.41) is 8.91. The first-order valence-corrected chi connectivity index (χ1v) is 11.0. The Morgan fingerprint density at radius 1 is 1.13 bits per heavy atom. The molecule has 31 heavy (non-hydrogen) atoms. The fourth-order valence-electron chi connectivity index (χ4n) is 3.15. The SMILES string of the molecule is CCCCC1SC(=NN=Cc2ccc(OC)c(OC)c2)N(Cc2ccc(F)cc2)C1=O. The molecule has 2 aromatic carbocycles. The van der Waals surface area contributed by atoms with Gasteiger partial charge in [0, 0.05) is 0 Å². The molecule has 0 bridgehead atoms. The van der Waals surface area contributed by atoms with E-state index in [1.165, 1.54) is 23.9 Å². The second kappa shape index (κ2) is 10.9. The number of amides is 1. The molecule has 0 saturated carbocycles. The van der Waals surface area contributed by atoms with Crippen LogP contribution in [-0.2, 0) is 11.3 Å². The van der Waals surface area contributed by atoms with Gasteiger partial charge in [0.1, 0.15) is 5.82 Å². The molecule has 2 aromatic rings. The number of amidine groups is 1. The van der Waals surface area contributed by atoms with Gasteiger partial charge in [-0.15, -0.1) is 5.10 Å². The lowest BCUT2D eigenvalue weighted by molar-refractivity contribution is -0.126. The molecule has 8 heteroatoms. The second-order valence-electron chi connectivity index (χ2n) is 7.04. The van der Waals surface area contributed by atoms with Gasteiger partial charge >= 0.3 is 0 Å². The number of halogens is 1. The van der Waals surface area contributed by atoms with Crippen LogP contribution in [0, 0.1) is 5.82 Å². The van der Waals surface area contributed by atoms with Gasteiger partial charge < -0.3 is 9.47 Å². The van der Waals surface area contributed by atoms with Gasteiger partial charge in [0.15, 0.2) is 16.7 Å². The zero-order chi connectivity index (χ0) is 22.2. The topological polar surface area (TPSA) is 63.5 Å². The van der Waals surface area contributed by atoms with Crippen LogP contribution in [-0.4, -0.2) is 41.7 Å². The molecule has 164 valence electrons. The number of carbonyl (C=O) groups excluding carboxylic acids is 1. The Morgan fingerprint density at radius 3 is 2.55 bits per heavy atom. The van der Waals surface area contributed by atoms with Gasteiger partial charge in [-0.2, -0.15) is 5.10 Å². The first-order chi connectivity index (χ1) is 15.0. The summed E-state index contributed by atoms with van der Waals surface area (Å²) in [6.07, 6.45) is 4.38. The maximum Gasteiger partial charge on any atom is 0.242 e. The molecule has 0 radical (unpaired) electrons. The monoisotopic (exact) mass is 443 g/mol. The largest absolute Gasteiger partial charge is 0.493 e. The minimum Gasteiger partial charge on any atom is -0.493 e. The first kappa shape index (κ1) is 22.8. The van der Waals surface area contributed by atoms with Crippen LogP contribution in [0.15, 0.2) is 52.7 Å². The maximum absolute atomic E-state index is 13.2. The number of methoxy groups -OCH3 is 2. The van der Waals surface area contributed by atoms with Crippen LogP contribution in [0.2, 0.25) is 0 Å². The van der Waals surface area contributed by atoms with Crippen molar-refractivity contribution in [3.8, 4) is 11.5 Å². The molecule has 1 unspecified atom stereocenters. The molecule has 3 rings (SSSR count). The predicted octanol–water partition coefficient (Wildman–Crippen LogP) is 4.87. The maximum atomic E-state index is 13.2. The van der Waals surface area contributed by atoms with Gasteiger partial charge in [-0.3, -0.25) is 9.69 Å². The van der Waals surface area contributed by atoms with Gasteiger partial charge in [0.2, 0.25) is 5.91 Å². The van der Waals surface area contributed by atoms with Crippen molar-refractivity contribution in [2.24, 2.45) is 10.2 Å². The molecule has 1 amide bonds. The minimum atomic E-state index is -0.305. The van der Waals surface area contributed by atoms with Crippen molar-refractivity contribution in [1.82, 2.24) is 4.90 Å². The second-order valence-corrected chi connectivity index (χ2v) is 8.21. The van der Waals surface area contributed by atoms with E-state index in [1.54, 1.807) is 49.6 Å². The molecule has 6 nitrogen and oxygen atoms in total. The van der Waals surface area contributed by atoms with E-state index >= 15 is 0 Å². The fourth-order valence-corrected chi connectivity index (χ4v) is 4.30. The van der Waals surface area contributed by atoms with Crippen molar-refractivity contribution in [3.63, 3.8) is 0 Å². The van der Waals surface area contributed by atoms with Crippen molar-refractivity contribution in [1.29, 1.82) is 0 Å². The molecule has 1 aliphatic rings. The van der Waals surface area contributed by atoms with Crippen LogP contribution in [0.1, 0.15) is 37.3 Å². The Bertz CT molecular complexity index is 963. The lowest BCUT2D eigenvalue weighted by atomic mass is 10.1. The molecule has 1 atom stereocenters. The highest BCUT2D eigenvalue weighted by Gasteiger charge is 2.37. The summed E-state index contributed by atoms with van der Waals surface area (Å²) >= 11 is 1.43. The Morgan fingerprint density at radius 2 is 1.87 bits per heavy atom. The third-order valence-electron chi connectivity index (χ3n) is 4.85. The quantitative estimate of drug-likeness (QED) is 0.410. The first-order valence-electron chi connectivity index (χ1n) is 10.1. The Labute approximate surface area is 186 Å². The molecule has 0 N–H and O–H groups in total. The smallest absolute Gasteiger partial charge is 0.242 e. The van der Waals surface area contributed by atoms with Crippen molar-refractivity contribution in [2.45, 2.75) is 38.0 Å². The lowest BCUT2D eigenvalue weighted by Gasteiger charge is -2.16. The number of carbonyl (C=O) groups is 1. The summed E-state index contributed by atoms with van der Waals surface area (Å²) in [4.78, 5) is 14.6. The number of hydrogen-bond acceptors (Lipinski definition) is 6. The average Bonchev–Trinajstić information content (AvgIpc) is 3.08. The van der Waals surface area contributed by atoms with Crippen LogP contribution in [0.3, 0.4) is 0 Å². The normalized spacial score (nSPS) is 17.7. The van der Waals surface area contributed by atoms with E-state index in [2.05, 4.69) is 17.1 Å². The summed E-state index contributed by atoms with van der Waals surface area (Å²) in [5.41, 5.74) is 1.63. The third kappa shape index (κ3) is 5.85. The number of benzene rings is 2. The molecular formula is C23H26FN3O3S. The van der Waals surface area contributed by atoms with Gasteiger partial charge in [0.25, 0.3) is 0 Å². The van der Waals surface area contributed by atoms with Crippen molar-refractivity contribution in [2.75, 3.05) is 14.2 Å². The van der Waals surface area contributed by atoms with Gasteiger partial charge in [-0.1, -0.05) is 43.7 Å². The Balaban J connectivity index is 1.80. The van der Waals surface area contributed by atoms with Crippen molar-refractivity contribution < 1.29 is 18.7 Å². The number of unbranched alkanes of at least 4 members (excludes halogenated alkanes) is 1. The van der Waals surface area contributed by atoms with Gasteiger partial charge in [-0.05, 0) is 47.9 Å². The van der Waals surface area contributed by atoms with Crippen LogP contribution in [0.4, 0.5) is 4.39 Å². The highest BCUT2D eigenvalue weighted by molar-refractivity contribution is 8.15.